The predicted octanol–water partition coefficient (Wildman–Crippen LogP) is 15.8. The van der Waals surface area contributed by atoms with Gasteiger partial charge in [-0.2, -0.15) is 0 Å². The van der Waals surface area contributed by atoms with Crippen molar-refractivity contribution in [2.75, 3.05) is 0 Å². The maximum atomic E-state index is 9.04. The van der Waals surface area contributed by atoms with E-state index in [9.17, 15) is 0 Å². The molecule has 0 fully saturated rings. The first-order valence-electron chi connectivity index (χ1n) is 21.5. The van der Waals surface area contributed by atoms with Crippen LogP contribution in [0.15, 0.2) is 218 Å². The standard InChI is InChI=1S/C56H36/c1-3-12-37(13-4-1)45-30-33-52-54(36-45)56(41-14-5-2-6-15-41)51-19-10-9-18-50(51)55(52)42-28-24-39(25-29-42)38-22-26-40(27-23-38)47-20-11-21-48-49(47)32-31-46-34-43-16-7-8-17-44(43)35-53(46)48/h1-36H/i2D,5D,6D,14D,15D. The Morgan fingerprint density at radius 3 is 1.52 bits per heavy atom. The summed E-state index contributed by atoms with van der Waals surface area (Å²) in [5, 5.41) is 11.0. The minimum absolute atomic E-state index is 0.202. The number of hydrogen-bond donors (Lipinski definition) is 0. The van der Waals surface area contributed by atoms with Crippen LogP contribution < -0.4 is 0 Å². The van der Waals surface area contributed by atoms with Crippen molar-refractivity contribution in [2.24, 2.45) is 0 Å². The average molecular weight is 714 g/mol. The molecular weight excluding hydrogens is 673 g/mol. The third-order valence-corrected chi connectivity index (χ3v) is 11.3. The average Bonchev–Trinajstić information content (AvgIpc) is 3.32. The van der Waals surface area contributed by atoms with Crippen molar-refractivity contribution >= 4 is 53.9 Å². The van der Waals surface area contributed by atoms with Crippen LogP contribution in [-0.4, -0.2) is 0 Å². The lowest BCUT2D eigenvalue weighted by atomic mass is 9.84. The second-order valence-corrected chi connectivity index (χ2v) is 14.5. The van der Waals surface area contributed by atoms with Gasteiger partial charge in [-0.15, -0.1) is 0 Å². The van der Waals surface area contributed by atoms with Gasteiger partial charge in [0.1, 0.15) is 0 Å². The van der Waals surface area contributed by atoms with Crippen LogP contribution in [0.5, 0.6) is 0 Å². The van der Waals surface area contributed by atoms with Crippen molar-refractivity contribution < 1.29 is 6.85 Å². The van der Waals surface area contributed by atoms with Crippen molar-refractivity contribution in [3.63, 3.8) is 0 Å². The van der Waals surface area contributed by atoms with Gasteiger partial charge in [0, 0.05) is 0 Å². The van der Waals surface area contributed by atoms with E-state index in [2.05, 4.69) is 152 Å². The van der Waals surface area contributed by atoms with E-state index in [0.717, 1.165) is 60.5 Å². The van der Waals surface area contributed by atoms with Gasteiger partial charge < -0.3 is 0 Å². The summed E-state index contributed by atoms with van der Waals surface area (Å²) in [5.74, 6) is 0. The van der Waals surface area contributed by atoms with Gasteiger partial charge in [-0.3, -0.25) is 0 Å². The first-order valence-corrected chi connectivity index (χ1v) is 19.0. The second-order valence-electron chi connectivity index (χ2n) is 14.5. The predicted molar refractivity (Wildman–Crippen MR) is 241 cm³/mol. The van der Waals surface area contributed by atoms with Gasteiger partial charge in [0.15, 0.2) is 0 Å². The van der Waals surface area contributed by atoms with Crippen LogP contribution in [0.3, 0.4) is 0 Å². The molecule has 0 saturated carbocycles. The molecule has 0 atom stereocenters. The van der Waals surface area contributed by atoms with Gasteiger partial charge in [-0.05, 0) is 128 Å². The van der Waals surface area contributed by atoms with Crippen molar-refractivity contribution in [1.82, 2.24) is 0 Å². The highest BCUT2D eigenvalue weighted by Gasteiger charge is 2.18. The molecule has 260 valence electrons. The highest BCUT2D eigenvalue weighted by atomic mass is 14.2. The molecule has 0 saturated heterocycles. The Kier molecular flexibility index (Phi) is 6.46. The molecular formula is C56H36. The van der Waals surface area contributed by atoms with Gasteiger partial charge in [0.25, 0.3) is 0 Å². The lowest BCUT2D eigenvalue weighted by molar-refractivity contribution is 1.60. The first-order chi connectivity index (χ1) is 29.8. The summed E-state index contributed by atoms with van der Waals surface area (Å²) < 4.78 is 43.6. The number of benzene rings is 11. The Morgan fingerprint density at radius 1 is 0.250 bits per heavy atom. The summed E-state index contributed by atoms with van der Waals surface area (Å²) in [4.78, 5) is 0. The van der Waals surface area contributed by atoms with Gasteiger partial charge in [-0.25, -0.2) is 0 Å². The Hall–Kier alpha value is -7.28. The molecule has 0 aliphatic rings. The van der Waals surface area contributed by atoms with Gasteiger partial charge in [0.05, 0.1) is 6.85 Å². The zero-order valence-corrected chi connectivity index (χ0v) is 30.4. The van der Waals surface area contributed by atoms with E-state index < -0.39 is 6.04 Å². The summed E-state index contributed by atoms with van der Waals surface area (Å²) in [5.41, 5.74) is 9.48. The molecule has 0 radical (unpaired) electrons. The first kappa shape index (κ1) is 27.3. The second kappa shape index (κ2) is 13.2. The van der Waals surface area contributed by atoms with Crippen LogP contribution in [0.2, 0.25) is 0 Å². The Balaban J connectivity index is 1.02. The summed E-state index contributed by atoms with van der Waals surface area (Å²) in [6.07, 6.45) is 0. The quantitative estimate of drug-likeness (QED) is 0.123. The number of rotatable bonds is 5. The Labute approximate surface area is 333 Å². The number of hydrogen-bond acceptors (Lipinski definition) is 0. The third-order valence-electron chi connectivity index (χ3n) is 11.3. The molecule has 0 heterocycles. The fourth-order valence-electron chi connectivity index (χ4n) is 8.65. The fraction of sp³-hybridized carbons (Fsp3) is 0. The normalized spacial score (nSPS) is 12.8. The highest BCUT2D eigenvalue weighted by Crippen LogP contribution is 2.45. The Morgan fingerprint density at radius 2 is 0.786 bits per heavy atom. The van der Waals surface area contributed by atoms with Gasteiger partial charge >= 0.3 is 0 Å². The molecule has 0 nitrogen and oxygen atoms in total. The SMILES string of the molecule is [2H]c1c([2H])c([2H])c(-c2c3ccccc3c(-c3ccc(-c4ccc(-c5cccc6c5ccc5cc7ccccc7cc56)cc4)cc3)c3ccc(-c4ccccc4)cc23)c([2H])c1[2H]. The highest BCUT2D eigenvalue weighted by molar-refractivity contribution is 6.22. The molecule has 11 rings (SSSR count). The molecule has 0 unspecified atom stereocenters. The van der Waals surface area contributed by atoms with Crippen molar-refractivity contribution in [1.29, 1.82) is 0 Å². The van der Waals surface area contributed by atoms with Crippen LogP contribution in [0.25, 0.3) is 109 Å². The van der Waals surface area contributed by atoms with Crippen molar-refractivity contribution in [3.8, 4) is 55.6 Å². The molecule has 0 aliphatic heterocycles. The van der Waals surface area contributed by atoms with Crippen molar-refractivity contribution in [3.05, 3.63) is 218 Å². The van der Waals surface area contributed by atoms with Gasteiger partial charge in [-0.1, -0.05) is 200 Å². The van der Waals surface area contributed by atoms with Gasteiger partial charge in [0.2, 0.25) is 0 Å². The van der Waals surface area contributed by atoms with Crippen LogP contribution in [0.1, 0.15) is 6.85 Å². The molecule has 0 aliphatic carbocycles. The van der Waals surface area contributed by atoms with Crippen LogP contribution in [0, 0.1) is 0 Å². The monoisotopic (exact) mass is 713 g/mol. The molecule has 56 heavy (non-hydrogen) atoms. The smallest absolute Gasteiger partial charge is 0.0622 e. The summed E-state index contributed by atoms with van der Waals surface area (Å²) in [7, 11) is 0. The summed E-state index contributed by atoms with van der Waals surface area (Å²) in [6.45, 7) is 0. The fourth-order valence-corrected chi connectivity index (χ4v) is 8.65. The van der Waals surface area contributed by atoms with Crippen molar-refractivity contribution in [2.45, 2.75) is 0 Å². The molecule has 0 aromatic heterocycles. The van der Waals surface area contributed by atoms with Crippen LogP contribution >= 0.6 is 0 Å². The van der Waals surface area contributed by atoms with E-state index in [1.807, 2.05) is 36.4 Å². The van der Waals surface area contributed by atoms with E-state index in [0.29, 0.717) is 5.56 Å². The van der Waals surface area contributed by atoms with E-state index in [1.54, 1.807) is 0 Å². The molecule has 0 bridgehead atoms. The zero-order chi connectivity index (χ0) is 41.4. The zero-order valence-electron chi connectivity index (χ0n) is 35.4. The molecule has 0 spiro atoms. The third kappa shape index (κ3) is 5.38. The lowest BCUT2D eigenvalue weighted by Crippen LogP contribution is -1.92. The summed E-state index contributed by atoms with van der Waals surface area (Å²) in [6, 6.07) is 64.6. The molecule has 0 heteroatoms. The Bertz CT molecular complexity index is 3530. The topological polar surface area (TPSA) is 0 Å². The van der Waals surface area contributed by atoms with E-state index in [4.69, 9.17) is 6.85 Å². The lowest BCUT2D eigenvalue weighted by Gasteiger charge is -2.19. The largest absolute Gasteiger partial charge is 0.0629 e. The number of fused-ring (bicyclic) bond motifs is 6. The minimum atomic E-state index is -0.403. The minimum Gasteiger partial charge on any atom is -0.0622 e. The van der Waals surface area contributed by atoms with Crippen LogP contribution in [-0.2, 0) is 0 Å². The van der Waals surface area contributed by atoms with E-state index in [-0.39, 0.29) is 29.7 Å². The van der Waals surface area contributed by atoms with Crippen LogP contribution in [0.4, 0.5) is 0 Å². The molecule has 0 amide bonds. The van der Waals surface area contributed by atoms with E-state index >= 15 is 0 Å². The maximum Gasteiger partial charge on any atom is 0.0629 e. The molecule has 11 aromatic carbocycles. The summed E-state index contributed by atoms with van der Waals surface area (Å²) >= 11 is 0. The maximum absolute atomic E-state index is 9.04. The molecule has 11 aromatic rings. The molecule has 0 N–H and O–H groups in total. The van der Waals surface area contributed by atoms with E-state index in [1.165, 1.54) is 37.9 Å².